The predicted molar refractivity (Wildman–Crippen MR) is 90.6 cm³/mol. The number of aromatic nitrogens is 2. The molecular formula is C17H24N4O3. The molecule has 4 fully saturated rings. The quantitative estimate of drug-likeness (QED) is 0.771. The Morgan fingerprint density at radius 2 is 1.96 bits per heavy atom. The average Bonchev–Trinajstić information content (AvgIpc) is 2.93. The SMILES string of the molecule is CCCn1c(N)c(NC(=O)C23CC4CC(CC2C4)C3)c(=O)[nH]c1=O. The smallest absolute Gasteiger partial charge is 0.330 e. The van der Waals surface area contributed by atoms with E-state index in [0.29, 0.717) is 30.7 Å². The van der Waals surface area contributed by atoms with Gasteiger partial charge in [0.05, 0.1) is 5.41 Å². The van der Waals surface area contributed by atoms with Gasteiger partial charge in [0, 0.05) is 6.54 Å². The first-order valence-electron chi connectivity index (χ1n) is 8.88. The zero-order valence-corrected chi connectivity index (χ0v) is 13.9. The molecule has 7 heteroatoms. The van der Waals surface area contributed by atoms with Crippen molar-refractivity contribution < 1.29 is 4.79 Å². The van der Waals surface area contributed by atoms with E-state index in [-0.39, 0.29) is 22.8 Å². The van der Waals surface area contributed by atoms with Crippen LogP contribution in [-0.2, 0) is 11.3 Å². The Kier molecular flexibility index (Phi) is 3.37. The van der Waals surface area contributed by atoms with Crippen molar-refractivity contribution in [1.29, 1.82) is 0 Å². The average molecular weight is 332 g/mol. The molecule has 0 aromatic carbocycles. The Hall–Kier alpha value is -2.05. The Morgan fingerprint density at radius 1 is 1.29 bits per heavy atom. The summed E-state index contributed by atoms with van der Waals surface area (Å²) < 4.78 is 1.31. The van der Waals surface area contributed by atoms with Crippen molar-refractivity contribution in [2.75, 3.05) is 11.1 Å². The molecule has 130 valence electrons. The summed E-state index contributed by atoms with van der Waals surface area (Å²) in [6, 6.07) is 0. The first-order valence-corrected chi connectivity index (χ1v) is 8.88. The van der Waals surface area contributed by atoms with Gasteiger partial charge in [0.2, 0.25) is 5.91 Å². The molecule has 4 aliphatic rings. The standard InChI is InChI=1S/C17H24N4O3/c1-2-3-21-13(18)12(14(22)20-16(21)24)19-15(23)17-7-9-4-10(8-17)6-11(17)5-9/h9-11H,2-8,18H2,1H3,(H,19,23)(H,20,22,24). The van der Waals surface area contributed by atoms with E-state index in [2.05, 4.69) is 10.3 Å². The molecule has 1 amide bonds. The van der Waals surface area contributed by atoms with Crippen LogP contribution in [0.1, 0.15) is 45.4 Å². The second-order valence-electron chi connectivity index (χ2n) is 7.83. The Bertz CT molecular complexity index is 795. The fourth-order valence-electron chi connectivity index (χ4n) is 5.56. The highest BCUT2D eigenvalue weighted by molar-refractivity contribution is 5.97. The number of H-pyrrole nitrogens is 1. The van der Waals surface area contributed by atoms with Crippen molar-refractivity contribution in [2.24, 2.45) is 23.2 Å². The maximum absolute atomic E-state index is 13.0. The first kappa shape index (κ1) is 15.5. The van der Waals surface area contributed by atoms with Crippen LogP contribution in [-0.4, -0.2) is 15.5 Å². The van der Waals surface area contributed by atoms with Gasteiger partial charge in [-0.2, -0.15) is 0 Å². The second-order valence-corrected chi connectivity index (χ2v) is 7.83. The van der Waals surface area contributed by atoms with Crippen molar-refractivity contribution >= 4 is 17.4 Å². The van der Waals surface area contributed by atoms with E-state index in [1.54, 1.807) is 0 Å². The summed E-state index contributed by atoms with van der Waals surface area (Å²) >= 11 is 0. The third-order valence-corrected chi connectivity index (χ3v) is 6.37. The molecule has 0 saturated heterocycles. The molecule has 2 unspecified atom stereocenters. The number of rotatable bonds is 4. The Balaban J connectivity index is 1.67. The van der Waals surface area contributed by atoms with Gasteiger partial charge in [-0.1, -0.05) is 6.92 Å². The normalized spacial score (nSPS) is 33.1. The third-order valence-electron chi connectivity index (χ3n) is 6.37. The highest BCUT2D eigenvalue weighted by atomic mass is 16.2. The fourth-order valence-corrected chi connectivity index (χ4v) is 5.56. The van der Waals surface area contributed by atoms with Crippen LogP contribution in [0.3, 0.4) is 0 Å². The number of nitrogens with one attached hydrogen (secondary N) is 2. The van der Waals surface area contributed by atoms with Crippen LogP contribution in [0.5, 0.6) is 0 Å². The van der Waals surface area contributed by atoms with Gasteiger partial charge in [-0.15, -0.1) is 0 Å². The summed E-state index contributed by atoms with van der Waals surface area (Å²) in [5.74, 6) is 1.70. The van der Waals surface area contributed by atoms with E-state index >= 15 is 0 Å². The van der Waals surface area contributed by atoms with E-state index in [0.717, 1.165) is 25.7 Å². The van der Waals surface area contributed by atoms with Gasteiger partial charge < -0.3 is 11.1 Å². The number of anilines is 2. The molecule has 24 heavy (non-hydrogen) atoms. The predicted octanol–water partition coefficient (Wildman–Crippen LogP) is 1.29. The summed E-state index contributed by atoms with van der Waals surface area (Å²) in [6.07, 6.45) is 6.06. The lowest BCUT2D eigenvalue weighted by molar-refractivity contribution is -0.127. The Labute approximate surface area is 139 Å². The van der Waals surface area contributed by atoms with E-state index in [4.69, 9.17) is 5.73 Å². The molecule has 4 saturated carbocycles. The van der Waals surface area contributed by atoms with E-state index in [1.165, 1.54) is 11.0 Å². The summed E-state index contributed by atoms with van der Waals surface area (Å²) in [7, 11) is 0. The maximum atomic E-state index is 13.0. The van der Waals surface area contributed by atoms with Gasteiger partial charge in [0.1, 0.15) is 11.5 Å². The lowest BCUT2D eigenvalue weighted by Gasteiger charge is -2.31. The zero-order valence-electron chi connectivity index (χ0n) is 13.9. The van der Waals surface area contributed by atoms with Crippen molar-refractivity contribution in [3.63, 3.8) is 0 Å². The number of nitrogens with two attached hydrogens (primary N) is 1. The third kappa shape index (κ3) is 2.06. The van der Waals surface area contributed by atoms with E-state index < -0.39 is 11.2 Å². The summed E-state index contributed by atoms with van der Waals surface area (Å²) in [6.45, 7) is 2.32. The van der Waals surface area contributed by atoms with Crippen molar-refractivity contribution in [3.8, 4) is 0 Å². The monoisotopic (exact) mass is 332 g/mol. The van der Waals surface area contributed by atoms with Crippen molar-refractivity contribution in [1.82, 2.24) is 9.55 Å². The molecule has 4 aliphatic carbocycles. The minimum absolute atomic E-state index is 0.0219. The van der Waals surface area contributed by atoms with E-state index in [9.17, 15) is 14.4 Å². The summed E-state index contributed by atoms with van der Waals surface area (Å²) in [4.78, 5) is 39.4. The van der Waals surface area contributed by atoms with Gasteiger partial charge in [-0.05, 0) is 56.3 Å². The number of hydrogen-bond acceptors (Lipinski definition) is 4. The van der Waals surface area contributed by atoms with Gasteiger partial charge in [-0.3, -0.25) is 19.1 Å². The number of aromatic amines is 1. The molecule has 0 radical (unpaired) electrons. The highest BCUT2D eigenvalue weighted by Gasteiger charge is 2.61. The molecular weight excluding hydrogens is 308 g/mol. The molecule has 1 aromatic heterocycles. The summed E-state index contributed by atoms with van der Waals surface area (Å²) in [5.41, 5.74) is 4.55. The summed E-state index contributed by atoms with van der Waals surface area (Å²) in [5, 5.41) is 2.78. The molecule has 0 aliphatic heterocycles. The number of carbonyl (C=O) groups is 1. The number of amides is 1. The van der Waals surface area contributed by atoms with E-state index in [1.807, 2.05) is 6.92 Å². The second kappa shape index (κ2) is 5.22. The van der Waals surface area contributed by atoms with Crippen LogP contribution >= 0.6 is 0 Å². The van der Waals surface area contributed by atoms with Crippen LogP contribution in [0.2, 0.25) is 0 Å². The van der Waals surface area contributed by atoms with Crippen LogP contribution in [0.25, 0.3) is 0 Å². The zero-order chi connectivity index (χ0) is 17.1. The van der Waals surface area contributed by atoms with Crippen LogP contribution < -0.4 is 22.3 Å². The molecule has 0 spiro atoms. The Morgan fingerprint density at radius 3 is 2.58 bits per heavy atom. The molecule has 1 aromatic rings. The molecule has 5 rings (SSSR count). The largest absolute Gasteiger partial charge is 0.383 e. The minimum Gasteiger partial charge on any atom is -0.383 e. The number of nitrogen functional groups attached to an aromatic ring is 1. The van der Waals surface area contributed by atoms with Crippen molar-refractivity contribution in [2.45, 2.75) is 52.0 Å². The minimum atomic E-state index is -0.618. The molecule has 4 N–H and O–H groups in total. The molecule has 2 atom stereocenters. The van der Waals surface area contributed by atoms with Gasteiger partial charge in [0.25, 0.3) is 5.56 Å². The lowest BCUT2D eigenvalue weighted by atomic mass is 9.75. The van der Waals surface area contributed by atoms with Crippen molar-refractivity contribution in [3.05, 3.63) is 20.8 Å². The van der Waals surface area contributed by atoms with Crippen LogP contribution in [0, 0.1) is 23.2 Å². The first-order chi connectivity index (χ1) is 11.4. The molecule has 1 heterocycles. The van der Waals surface area contributed by atoms with Crippen LogP contribution in [0.4, 0.5) is 11.5 Å². The maximum Gasteiger partial charge on any atom is 0.330 e. The molecule has 7 nitrogen and oxygen atoms in total. The fraction of sp³-hybridized carbons (Fsp3) is 0.706. The van der Waals surface area contributed by atoms with Gasteiger partial charge in [-0.25, -0.2) is 4.79 Å². The lowest BCUT2D eigenvalue weighted by Crippen LogP contribution is -2.41. The van der Waals surface area contributed by atoms with Gasteiger partial charge >= 0.3 is 5.69 Å². The van der Waals surface area contributed by atoms with Gasteiger partial charge in [0.15, 0.2) is 0 Å². The van der Waals surface area contributed by atoms with Crippen LogP contribution in [0.15, 0.2) is 9.59 Å². The highest BCUT2D eigenvalue weighted by Crippen LogP contribution is 2.65. The number of nitrogens with zero attached hydrogens (tertiary/aromatic N) is 1. The topological polar surface area (TPSA) is 110 Å². The molecule has 4 bridgehead atoms. The number of hydrogen-bond donors (Lipinski definition) is 3. The number of carbonyl (C=O) groups excluding carboxylic acids is 1.